The number of benzene rings is 2. The van der Waals surface area contributed by atoms with Gasteiger partial charge in [0.15, 0.2) is 0 Å². The van der Waals surface area contributed by atoms with Crippen LogP contribution in [0.3, 0.4) is 0 Å². The molecule has 0 aliphatic carbocycles. The predicted molar refractivity (Wildman–Crippen MR) is 88.3 cm³/mol. The van der Waals surface area contributed by atoms with E-state index in [4.69, 9.17) is 10.00 Å². The summed E-state index contributed by atoms with van der Waals surface area (Å²) in [6.45, 7) is 2.07. The number of ether oxygens (including phenoxy) is 1. The van der Waals surface area contributed by atoms with Crippen molar-refractivity contribution in [1.29, 1.82) is 5.26 Å². The first kappa shape index (κ1) is 15.6. The Labute approximate surface area is 134 Å². The molecule has 2 aromatic rings. The summed E-state index contributed by atoms with van der Waals surface area (Å²) in [7, 11) is 0. The summed E-state index contributed by atoms with van der Waals surface area (Å²) in [5, 5.41) is 8.85. The van der Waals surface area contributed by atoms with Crippen LogP contribution < -0.4 is 4.74 Å². The van der Waals surface area contributed by atoms with Crippen LogP contribution in [0.5, 0.6) is 5.75 Å². The minimum Gasteiger partial charge on any atom is -0.490 e. The van der Waals surface area contributed by atoms with E-state index in [1.54, 1.807) is 0 Å². The SMILES string of the molecule is CC(CCc1cccc(Br)c1)Oc1ccccc1CC#N. The Morgan fingerprint density at radius 3 is 2.76 bits per heavy atom. The van der Waals surface area contributed by atoms with E-state index in [1.807, 2.05) is 36.4 Å². The molecule has 0 aromatic heterocycles. The summed E-state index contributed by atoms with van der Waals surface area (Å²) in [5.74, 6) is 0.820. The van der Waals surface area contributed by atoms with Crippen molar-refractivity contribution in [3.05, 3.63) is 64.1 Å². The maximum absolute atomic E-state index is 8.85. The summed E-state index contributed by atoms with van der Waals surface area (Å²) >= 11 is 3.49. The molecule has 0 heterocycles. The van der Waals surface area contributed by atoms with Crippen molar-refractivity contribution in [3.63, 3.8) is 0 Å². The topological polar surface area (TPSA) is 33.0 Å². The zero-order valence-corrected chi connectivity index (χ0v) is 13.6. The molecule has 0 amide bonds. The normalized spacial score (nSPS) is 11.7. The second-order valence-corrected chi connectivity index (χ2v) is 5.96. The molecule has 1 unspecified atom stereocenters. The van der Waals surface area contributed by atoms with Gasteiger partial charge in [-0.1, -0.05) is 46.3 Å². The van der Waals surface area contributed by atoms with Crippen LogP contribution in [0, 0.1) is 11.3 Å². The summed E-state index contributed by atoms with van der Waals surface area (Å²) in [6, 6.07) is 18.3. The van der Waals surface area contributed by atoms with Crippen LogP contribution in [-0.4, -0.2) is 6.10 Å². The van der Waals surface area contributed by atoms with Crippen LogP contribution in [0.4, 0.5) is 0 Å². The van der Waals surface area contributed by atoms with Crippen molar-refractivity contribution in [1.82, 2.24) is 0 Å². The Hall–Kier alpha value is -1.79. The highest BCUT2D eigenvalue weighted by Gasteiger charge is 2.08. The minimum atomic E-state index is 0.115. The highest BCUT2D eigenvalue weighted by Crippen LogP contribution is 2.21. The molecule has 0 bridgehead atoms. The van der Waals surface area contributed by atoms with Gasteiger partial charge in [-0.3, -0.25) is 0 Å². The molecule has 21 heavy (non-hydrogen) atoms. The van der Waals surface area contributed by atoms with Crippen LogP contribution in [0.25, 0.3) is 0 Å². The van der Waals surface area contributed by atoms with Gasteiger partial charge in [-0.25, -0.2) is 0 Å². The van der Waals surface area contributed by atoms with Crippen molar-refractivity contribution in [2.75, 3.05) is 0 Å². The van der Waals surface area contributed by atoms with Gasteiger partial charge in [-0.2, -0.15) is 5.26 Å². The number of halogens is 1. The van der Waals surface area contributed by atoms with Gasteiger partial charge in [-0.05, 0) is 43.5 Å². The highest BCUT2D eigenvalue weighted by atomic mass is 79.9. The fourth-order valence-electron chi connectivity index (χ4n) is 2.19. The molecule has 0 aliphatic rings. The first-order valence-corrected chi connectivity index (χ1v) is 7.84. The summed E-state index contributed by atoms with van der Waals surface area (Å²) in [5.41, 5.74) is 2.25. The third-order valence-electron chi connectivity index (χ3n) is 3.30. The van der Waals surface area contributed by atoms with Gasteiger partial charge in [0.05, 0.1) is 18.6 Å². The van der Waals surface area contributed by atoms with Crippen LogP contribution in [0.2, 0.25) is 0 Å². The number of nitriles is 1. The van der Waals surface area contributed by atoms with Gasteiger partial charge in [0.25, 0.3) is 0 Å². The van der Waals surface area contributed by atoms with E-state index >= 15 is 0 Å². The van der Waals surface area contributed by atoms with E-state index in [2.05, 4.69) is 41.1 Å². The largest absolute Gasteiger partial charge is 0.490 e. The Kier molecular flexibility index (Phi) is 5.83. The second-order valence-electron chi connectivity index (χ2n) is 5.04. The zero-order chi connectivity index (χ0) is 15.1. The van der Waals surface area contributed by atoms with E-state index < -0.39 is 0 Å². The molecule has 0 spiro atoms. The van der Waals surface area contributed by atoms with Crippen LogP contribution in [-0.2, 0) is 12.8 Å². The fourth-order valence-corrected chi connectivity index (χ4v) is 2.63. The second kappa shape index (κ2) is 7.85. The van der Waals surface area contributed by atoms with E-state index in [1.165, 1.54) is 5.56 Å². The average molecular weight is 344 g/mol. The van der Waals surface area contributed by atoms with Gasteiger partial charge in [0.2, 0.25) is 0 Å². The summed E-state index contributed by atoms with van der Waals surface area (Å²) in [4.78, 5) is 0. The lowest BCUT2D eigenvalue weighted by atomic mass is 10.1. The molecule has 2 nitrogen and oxygen atoms in total. The van der Waals surface area contributed by atoms with Gasteiger partial charge in [0, 0.05) is 10.0 Å². The molecular formula is C18H18BrNO. The number of hydrogen-bond donors (Lipinski definition) is 0. The monoisotopic (exact) mass is 343 g/mol. The first-order chi connectivity index (χ1) is 10.2. The fraction of sp³-hybridized carbons (Fsp3) is 0.278. The van der Waals surface area contributed by atoms with Crippen molar-refractivity contribution in [2.24, 2.45) is 0 Å². The van der Waals surface area contributed by atoms with Gasteiger partial charge >= 0.3 is 0 Å². The Morgan fingerprint density at radius 1 is 1.19 bits per heavy atom. The Bertz CT molecular complexity index is 633. The molecule has 0 radical (unpaired) electrons. The van der Waals surface area contributed by atoms with Crippen LogP contribution >= 0.6 is 15.9 Å². The number of para-hydroxylation sites is 1. The van der Waals surface area contributed by atoms with E-state index in [9.17, 15) is 0 Å². The standard InChI is InChI=1S/C18H18BrNO/c1-14(9-10-15-5-4-7-17(19)13-15)21-18-8-3-2-6-16(18)11-12-20/h2-8,13-14H,9-11H2,1H3. The van der Waals surface area contributed by atoms with E-state index in [0.29, 0.717) is 6.42 Å². The van der Waals surface area contributed by atoms with E-state index in [0.717, 1.165) is 28.6 Å². The smallest absolute Gasteiger partial charge is 0.123 e. The number of hydrogen-bond acceptors (Lipinski definition) is 2. The Balaban J connectivity index is 1.93. The van der Waals surface area contributed by atoms with Gasteiger partial charge < -0.3 is 4.74 Å². The molecule has 2 aromatic carbocycles. The molecule has 3 heteroatoms. The highest BCUT2D eigenvalue weighted by molar-refractivity contribution is 9.10. The molecule has 0 fully saturated rings. The van der Waals surface area contributed by atoms with Crippen molar-refractivity contribution >= 4 is 15.9 Å². The minimum absolute atomic E-state index is 0.115. The molecule has 2 rings (SSSR count). The molecule has 1 atom stereocenters. The van der Waals surface area contributed by atoms with Crippen molar-refractivity contribution in [2.45, 2.75) is 32.3 Å². The van der Waals surface area contributed by atoms with Gasteiger partial charge in [-0.15, -0.1) is 0 Å². The molecule has 0 N–H and O–H groups in total. The zero-order valence-electron chi connectivity index (χ0n) is 12.1. The quantitative estimate of drug-likeness (QED) is 0.745. The lowest BCUT2D eigenvalue weighted by Crippen LogP contribution is -2.13. The third kappa shape index (κ3) is 4.91. The first-order valence-electron chi connectivity index (χ1n) is 7.05. The number of rotatable bonds is 6. The van der Waals surface area contributed by atoms with Crippen LogP contribution in [0.15, 0.2) is 53.0 Å². The summed E-state index contributed by atoms with van der Waals surface area (Å²) in [6.07, 6.45) is 2.41. The molecule has 108 valence electrons. The maximum Gasteiger partial charge on any atom is 0.123 e. The lowest BCUT2D eigenvalue weighted by molar-refractivity contribution is 0.209. The number of nitrogens with zero attached hydrogens (tertiary/aromatic N) is 1. The Morgan fingerprint density at radius 2 is 2.00 bits per heavy atom. The number of aryl methyl sites for hydroxylation is 1. The molecule has 0 saturated carbocycles. The van der Waals surface area contributed by atoms with Crippen molar-refractivity contribution in [3.8, 4) is 11.8 Å². The molecular weight excluding hydrogens is 326 g/mol. The average Bonchev–Trinajstić information content (AvgIpc) is 2.48. The van der Waals surface area contributed by atoms with Gasteiger partial charge in [0.1, 0.15) is 5.75 Å². The van der Waals surface area contributed by atoms with Crippen molar-refractivity contribution < 1.29 is 4.74 Å². The molecule has 0 saturated heterocycles. The predicted octanol–water partition coefficient (Wildman–Crippen LogP) is 4.92. The third-order valence-corrected chi connectivity index (χ3v) is 3.79. The lowest BCUT2D eigenvalue weighted by Gasteiger charge is -2.16. The molecule has 0 aliphatic heterocycles. The maximum atomic E-state index is 8.85. The van der Waals surface area contributed by atoms with Crippen LogP contribution in [0.1, 0.15) is 24.5 Å². The summed E-state index contributed by atoms with van der Waals surface area (Å²) < 4.78 is 7.09. The van der Waals surface area contributed by atoms with E-state index in [-0.39, 0.29) is 6.10 Å².